The van der Waals surface area contributed by atoms with Crippen molar-refractivity contribution in [2.75, 3.05) is 41.0 Å². The molecule has 0 aliphatic heterocycles. The maximum Gasteiger partial charge on any atom is 0.362 e. The molecule has 8 heteroatoms. The Kier molecular flexibility index (Phi) is 38.4. The van der Waals surface area contributed by atoms with Crippen molar-refractivity contribution in [1.82, 2.24) is 0 Å². The number of unbranched alkanes of at least 4 members (excludes halogenated alkanes) is 9. The Morgan fingerprint density at radius 3 is 1.34 bits per heavy atom. The van der Waals surface area contributed by atoms with E-state index in [0.717, 1.165) is 109 Å². The number of quaternary nitrogens is 1. The Balaban J connectivity index is 4.43. The molecular weight excluding hydrogens is 739 g/mol. The first kappa shape index (κ1) is 55.2. The lowest BCUT2D eigenvalue weighted by Gasteiger charge is -2.31. The number of hydrogen-bond donors (Lipinski definition) is 1. The molecule has 0 fully saturated rings. The van der Waals surface area contributed by atoms with Gasteiger partial charge in [0.05, 0.1) is 34.4 Å². The molecule has 1 N–H and O–H groups in total. The van der Waals surface area contributed by atoms with E-state index in [1.807, 2.05) is 21.1 Å². The van der Waals surface area contributed by atoms with E-state index in [4.69, 9.17) is 14.2 Å². The lowest BCUT2D eigenvalue weighted by atomic mass is 10.1. The van der Waals surface area contributed by atoms with Crippen LogP contribution >= 0.6 is 0 Å². The minimum atomic E-state index is -0.887. The van der Waals surface area contributed by atoms with Crippen LogP contribution in [0.15, 0.2) is 97.2 Å². The molecule has 8 nitrogen and oxygen atoms in total. The van der Waals surface area contributed by atoms with Gasteiger partial charge in [-0.15, -0.1) is 0 Å². The lowest BCUT2D eigenvalue weighted by molar-refractivity contribution is -0.887. The van der Waals surface area contributed by atoms with E-state index in [1.165, 1.54) is 12.8 Å². The number of carbonyl (C=O) groups is 3. The SMILES string of the molecule is CC/C=C/C/C=C/C/C=C/C/C=C/CCCCCCCCC(=O)OC(COCCC(C(=O)O)[N+](C)(C)C)COC(=O)CCCCC/C=C/C/C=C/C/C=C/C/C=C/CC. The van der Waals surface area contributed by atoms with Crippen LogP contribution in [0.3, 0.4) is 0 Å². The van der Waals surface area contributed by atoms with Crippen LogP contribution in [0.2, 0.25) is 0 Å². The number of carbonyl (C=O) groups excluding carboxylic acids is 2. The molecule has 0 aromatic rings. The molecule has 0 saturated heterocycles. The third-order valence-corrected chi connectivity index (χ3v) is 9.48. The highest BCUT2D eigenvalue weighted by Crippen LogP contribution is 2.13. The Morgan fingerprint density at radius 2 is 0.898 bits per heavy atom. The van der Waals surface area contributed by atoms with Gasteiger partial charge in [0.1, 0.15) is 6.61 Å². The first-order valence-electron chi connectivity index (χ1n) is 22.8. The number of likely N-dealkylation sites (N-methyl/N-ethyl adjacent to an activating group) is 1. The third-order valence-electron chi connectivity index (χ3n) is 9.48. The van der Waals surface area contributed by atoms with E-state index < -0.39 is 18.1 Å². The van der Waals surface area contributed by atoms with Gasteiger partial charge in [-0.2, -0.15) is 0 Å². The highest BCUT2D eigenvalue weighted by Gasteiger charge is 2.31. The molecule has 0 spiro atoms. The first-order valence-corrected chi connectivity index (χ1v) is 22.8. The second-order valence-electron chi connectivity index (χ2n) is 15.9. The number of carboxylic acid groups (broad SMARTS) is 1. The molecule has 0 aromatic carbocycles. The van der Waals surface area contributed by atoms with Crippen LogP contribution in [0.1, 0.15) is 155 Å². The van der Waals surface area contributed by atoms with Crippen LogP contribution in [-0.2, 0) is 28.6 Å². The number of hydrogen-bond acceptors (Lipinski definition) is 6. The number of allylic oxidation sites excluding steroid dienone is 16. The van der Waals surface area contributed by atoms with E-state index in [1.54, 1.807) is 0 Å². The van der Waals surface area contributed by atoms with E-state index >= 15 is 0 Å². The van der Waals surface area contributed by atoms with Gasteiger partial charge in [-0.25, -0.2) is 4.79 Å². The van der Waals surface area contributed by atoms with Crippen molar-refractivity contribution in [2.45, 2.75) is 167 Å². The number of aliphatic carboxylic acids is 1. The molecule has 0 bridgehead atoms. The summed E-state index contributed by atoms with van der Waals surface area (Å²) in [5, 5.41) is 9.63. The molecule has 59 heavy (non-hydrogen) atoms. The fourth-order valence-electron chi connectivity index (χ4n) is 6.01. The zero-order valence-corrected chi connectivity index (χ0v) is 37.9. The molecule has 0 rings (SSSR count). The molecule has 334 valence electrons. The van der Waals surface area contributed by atoms with Crippen molar-refractivity contribution in [2.24, 2.45) is 0 Å². The second kappa shape index (κ2) is 41.0. The lowest BCUT2D eigenvalue weighted by Crippen LogP contribution is -2.50. The van der Waals surface area contributed by atoms with Gasteiger partial charge >= 0.3 is 17.9 Å². The molecule has 0 aliphatic carbocycles. The molecule has 0 saturated carbocycles. The number of rotatable bonds is 39. The van der Waals surface area contributed by atoms with Crippen LogP contribution in [0.5, 0.6) is 0 Å². The van der Waals surface area contributed by atoms with Crippen LogP contribution in [0, 0.1) is 0 Å². The summed E-state index contributed by atoms with van der Waals surface area (Å²) >= 11 is 0. The van der Waals surface area contributed by atoms with Crippen LogP contribution in [0.25, 0.3) is 0 Å². The van der Waals surface area contributed by atoms with Gasteiger partial charge in [0.15, 0.2) is 12.1 Å². The summed E-state index contributed by atoms with van der Waals surface area (Å²) in [5.74, 6) is -1.54. The van der Waals surface area contributed by atoms with Crippen molar-refractivity contribution in [3.8, 4) is 0 Å². The highest BCUT2D eigenvalue weighted by atomic mass is 16.6. The molecule has 2 atom stereocenters. The van der Waals surface area contributed by atoms with E-state index in [9.17, 15) is 19.5 Å². The molecule has 0 aliphatic rings. The summed E-state index contributed by atoms with van der Waals surface area (Å²) < 4.78 is 17.2. The Morgan fingerprint density at radius 1 is 0.508 bits per heavy atom. The molecule has 0 radical (unpaired) electrons. The molecule has 2 unspecified atom stereocenters. The van der Waals surface area contributed by atoms with Crippen LogP contribution < -0.4 is 0 Å². The topological polar surface area (TPSA) is 99.1 Å². The van der Waals surface area contributed by atoms with Crippen molar-refractivity contribution in [1.29, 1.82) is 0 Å². The van der Waals surface area contributed by atoms with Crippen LogP contribution in [-0.4, -0.2) is 80.6 Å². The summed E-state index contributed by atoms with van der Waals surface area (Å²) in [5.41, 5.74) is 0. The molecule has 0 aromatic heterocycles. The molecule has 0 amide bonds. The predicted molar refractivity (Wildman–Crippen MR) is 247 cm³/mol. The fraction of sp³-hybridized carbons (Fsp3) is 0.627. The fourth-order valence-corrected chi connectivity index (χ4v) is 6.01. The monoisotopic (exact) mass is 823 g/mol. The smallest absolute Gasteiger partial charge is 0.362 e. The number of ether oxygens (including phenoxy) is 3. The number of carboxylic acids is 1. The maximum absolute atomic E-state index is 12.7. The number of esters is 2. The minimum Gasteiger partial charge on any atom is -0.477 e. The van der Waals surface area contributed by atoms with Crippen molar-refractivity contribution in [3.63, 3.8) is 0 Å². The summed E-state index contributed by atoms with van der Waals surface area (Å²) in [4.78, 5) is 37.0. The summed E-state index contributed by atoms with van der Waals surface area (Å²) in [6, 6.07) is -0.628. The molecule has 0 heterocycles. The van der Waals surface area contributed by atoms with E-state index in [2.05, 4.69) is 111 Å². The average Bonchev–Trinajstić information content (AvgIpc) is 3.19. The van der Waals surface area contributed by atoms with Crippen molar-refractivity contribution in [3.05, 3.63) is 97.2 Å². The van der Waals surface area contributed by atoms with Gasteiger partial charge in [-0.3, -0.25) is 9.59 Å². The van der Waals surface area contributed by atoms with E-state index in [0.29, 0.717) is 19.3 Å². The van der Waals surface area contributed by atoms with Gasteiger partial charge < -0.3 is 23.8 Å². The highest BCUT2D eigenvalue weighted by molar-refractivity contribution is 5.72. The summed E-state index contributed by atoms with van der Waals surface area (Å²) in [6.45, 7) is 4.44. The van der Waals surface area contributed by atoms with Gasteiger partial charge in [0.2, 0.25) is 0 Å². The van der Waals surface area contributed by atoms with Gasteiger partial charge in [0.25, 0.3) is 0 Å². The Hall–Kier alpha value is -3.75. The average molecular weight is 823 g/mol. The molecular formula is C51H84NO7+. The number of nitrogens with zero attached hydrogens (tertiary/aromatic N) is 1. The van der Waals surface area contributed by atoms with Crippen molar-refractivity contribution >= 4 is 17.9 Å². The normalized spacial score (nSPS) is 13.8. The van der Waals surface area contributed by atoms with Gasteiger partial charge in [0, 0.05) is 19.3 Å². The second-order valence-corrected chi connectivity index (χ2v) is 15.9. The minimum absolute atomic E-state index is 0.0383. The summed E-state index contributed by atoms with van der Waals surface area (Å²) in [6.07, 6.45) is 54.5. The Labute approximate surface area is 360 Å². The maximum atomic E-state index is 12.7. The quantitative estimate of drug-likeness (QED) is 0.0285. The zero-order valence-electron chi connectivity index (χ0n) is 37.9. The van der Waals surface area contributed by atoms with Crippen molar-refractivity contribution < 1.29 is 38.2 Å². The summed E-state index contributed by atoms with van der Waals surface area (Å²) in [7, 11) is 5.50. The standard InChI is InChI=1S/C51H83NO7/c1-6-8-10-12-14-16-18-20-22-24-25-26-28-30-32-34-36-38-40-42-50(54)59-47(45-57-44-43-48(51(55)56)52(3,4)5)46-58-49(53)41-39-37-35-33-31-29-27-23-21-19-17-15-13-11-9-7-2/h8-11,14-17,20-23,25-26,29,31,47-48H,6-7,12-13,18-19,24,27-28,30,32-46H2,1-5H3/p+1/b10-8+,11-9+,16-14+,17-15+,22-20+,23-21+,26-25+,31-29+. The van der Waals surface area contributed by atoms with Crippen LogP contribution in [0.4, 0.5) is 0 Å². The van der Waals surface area contributed by atoms with Gasteiger partial charge in [-0.05, 0) is 89.9 Å². The third kappa shape index (κ3) is 39.5. The van der Waals surface area contributed by atoms with E-state index in [-0.39, 0.29) is 36.2 Å². The Bertz CT molecular complexity index is 1280. The zero-order chi connectivity index (χ0) is 43.5. The first-order chi connectivity index (χ1) is 28.6. The predicted octanol–water partition coefficient (Wildman–Crippen LogP) is 12.7. The van der Waals surface area contributed by atoms with Gasteiger partial charge in [-0.1, -0.05) is 143 Å². The largest absolute Gasteiger partial charge is 0.477 e.